The molecule has 0 bridgehead atoms. The third kappa shape index (κ3) is 7.65. The van der Waals surface area contributed by atoms with Gasteiger partial charge >= 0.3 is 0 Å². The van der Waals surface area contributed by atoms with Crippen molar-refractivity contribution in [3.8, 4) is 34.5 Å². The number of fused-ring (bicyclic) bond motifs is 2. The van der Waals surface area contributed by atoms with Gasteiger partial charge in [-0.2, -0.15) is 0 Å². The van der Waals surface area contributed by atoms with Gasteiger partial charge in [-0.05, 0) is 89.0 Å². The minimum Gasteiger partial charge on any atom is -0.493 e. The van der Waals surface area contributed by atoms with Crippen molar-refractivity contribution in [2.45, 2.75) is 44.5 Å². The van der Waals surface area contributed by atoms with Crippen LogP contribution in [0, 0.1) is 0 Å². The van der Waals surface area contributed by atoms with Gasteiger partial charge < -0.3 is 33.7 Å². The highest BCUT2D eigenvalue weighted by Gasteiger charge is 2.37. The average molecular weight is 701 g/mol. The van der Waals surface area contributed by atoms with Gasteiger partial charge in [-0.25, -0.2) is 0 Å². The smallest absolute Gasteiger partial charge is 0.242 e. The molecule has 2 unspecified atom stereocenters. The van der Waals surface area contributed by atoms with Gasteiger partial charge in [-0.3, -0.25) is 9.69 Å². The SMILES string of the molecule is COc1ccc(CC2c3cc(OCc4ccccc4)c(OC)cc3CCCN2C(C(=O)NCc2ccc3c(c2)OCO3)c2ccccc2)cc1OC. The third-order valence-electron chi connectivity index (χ3n) is 9.76. The standard InChI is InChI=1S/C43H44N2O7/c1-47-36-18-16-30(22-38(36)48-2)21-35-34-25-41(50-27-29-11-6-4-7-12-29)39(49-3)24-33(34)15-10-20-45(35)42(32-13-8-5-9-14-32)43(46)44-26-31-17-19-37-40(23-31)52-28-51-37/h4-9,11-14,16-19,22-25,35,42H,10,15,20-21,26-28H2,1-3H3,(H,44,46). The van der Waals surface area contributed by atoms with Crippen molar-refractivity contribution in [3.63, 3.8) is 0 Å². The third-order valence-corrected chi connectivity index (χ3v) is 9.76. The van der Waals surface area contributed by atoms with Crippen molar-refractivity contribution in [2.24, 2.45) is 0 Å². The van der Waals surface area contributed by atoms with Crippen LogP contribution in [0.25, 0.3) is 0 Å². The van der Waals surface area contributed by atoms with Gasteiger partial charge in [-0.1, -0.05) is 72.8 Å². The van der Waals surface area contributed by atoms with Gasteiger partial charge in [0.1, 0.15) is 12.6 Å². The number of carbonyl (C=O) groups is 1. The predicted molar refractivity (Wildman–Crippen MR) is 198 cm³/mol. The molecule has 0 fully saturated rings. The normalized spacial score (nSPS) is 15.6. The van der Waals surface area contributed by atoms with E-state index in [2.05, 4.69) is 28.4 Å². The molecule has 9 heteroatoms. The van der Waals surface area contributed by atoms with E-state index in [9.17, 15) is 4.79 Å². The molecular weight excluding hydrogens is 656 g/mol. The van der Waals surface area contributed by atoms with Crippen LogP contribution >= 0.6 is 0 Å². The Kier molecular flexibility index (Phi) is 10.8. The lowest BCUT2D eigenvalue weighted by atomic mass is 9.91. The lowest BCUT2D eigenvalue weighted by Gasteiger charge is -2.37. The molecule has 0 aliphatic carbocycles. The van der Waals surface area contributed by atoms with Crippen LogP contribution in [0.3, 0.4) is 0 Å². The second kappa shape index (κ2) is 16.1. The first-order valence-corrected chi connectivity index (χ1v) is 17.6. The maximum absolute atomic E-state index is 14.6. The molecule has 2 atom stereocenters. The molecule has 1 amide bonds. The summed E-state index contributed by atoms with van der Waals surface area (Å²) in [5.74, 6) is 3.98. The number of rotatable bonds is 13. The highest BCUT2D eigenvalue weighted by atomic mass is 16.7. The molecule has 5 aromatic carbocycles. The molecule has 5 aromatic rings. The summed E-state index contributed by atoms with van der Waals surface area (Å²) in [4.78, 5) is 16.9. The Morgan fingerprint density at radius 3 is 2.23 bits per heavy atom. The molecule has 0 saturated heterocycles. The molecule has 0 spiro atoms. The van der Waals surface area contributed by atoms with Gasteiger partial charge in [0, 0.05) is 19.1 Å². The van der Waals surface area contributed by atoms with Crippen LogP contribution in [-0.2, 0) is 30.8 Å². The van der Waals surface area contributed by atoms with E-state index in [0.29, 0.717) is 60.6 Å². The molecule has 9 nitrogen and oxygen atoms in total. The second-order valence-electron chi connectivity index (χ2n) is 12.9. The van der Waals surface area contributed by atoms with E-state index in [1.54, 1.807) is 21.3 Å². The number of hydrogen-bond donors (Lipinski definition) is 1. The number of hydrogen-bond acceptors (Lipinski definition) is 8. The van der Waals surface area contributed by atoms with E-state index in [1.807, 2.05) is 91.0 Å². The number of ether oxygens (including phenoxy) is 6. The monoisotopic (exact) mass is 700 g/mol. The Labute approximate surface area is 305 Å². The van der Waals surface area contributed by atoms with Crippen LogP contribution in [0.2, 0.25) is 0 Å². The summed E-state index contributed by atoms with van der Waals surface area (Å²) in [6.45, 7) is 1.63. The topological polar surface area (TPSA) is 87.7 Å². The number of methoxy groups -OCH3 is 3. The summed E-state index contributed by atoms with van der Waals surface area (Å²) in [6, 6.07) is 35.4. The van der Waals surface area contributed by atoms with Crippen LogP contribution in [-0.4, -0.2) is 45.5 Å². The van der Waals surface area contributed by atoms with Gasteiger partial charge in [0.05, 0.1) is 21.3 Å². The van der Waals surface area contributed by atoms with E-state index < -0.39 is 6.04 Å². The Balaban J connectivity index is 1.28. The molecule has 0 aromatic heterocycles. The largest absolute Gasteiger partial charge is 0.493 e. The van der Waals surface area contributed by atoms with Gasteiger partial charge in [-0.15, -0.1) is 0 Å². The van der Waals surface area contributed by atoms with Crippen molar-refractivity contribution in [2.75, 3.05) is 34.7 Å². The zero-order valence-electron chi connectivity index (χ0n) is 29.8. The van der Waals surface area contributed by atoms with Crippen molar-refractivity contribution in [1.29, 1.82) is 0 Å². The summed E-state index contributed by atoms with van der Waals surface area (Å²) in [5, 5.41) is 3.26. The van der Waals surface area contributed by atoms with Crippen LogP contribution in [0.1, 0.15) is 51.9 Å². The fraction of sp³-hybridized carbons (Fsp3) is 0.279. The molecule has 2 heterocycles. The van der Waals surface area contributed by atoms with Crippen molar-refractivity contribution in [3.05, 3.63) is 143 Å². The summed E-state index contributed by atoms with van der Waals surface area (Å²) in [7, 11) is 4.96. The zero-order valence-corrected chi connectivity index (χ0v) is 29.8. The fourth-order valence-electron chi connectivity index (χ4n) is 7.17. The van der Waals surface area contributed by atoms with E-state index in [-0.39, 0.29) is 18.7 Å². The Morgan fingerprint density at radius 2 is 1.46 bits per heavy atom. The van der Waals surface area contributed by atoms with E-state index in [0.717, 1.165) is 40.7 Å². The number of aryl methyl sites for hydroxylation is 1. The predicted octanol–water partition coefficient (Wildman–Crippen LogP) is 7.61. The minimum absolute atomic E-state index is 0.0845. The lowest BCUT2D eigenvalue weighted by molar-refractivity contribution is -0.128. The summed E-state index contributed by atoms with van der Waals surface area (Å²) >= 11 is 0. The second-order valence-corrected chi connectivity index (χ2v) is 12.9. The Bertz CT molecular complexity index is 1990. The van der Waals surface area contributed by atoms with Gasteiger partial charge in [0.25, 0.3) is 0 Å². The highest BCUT2D eigenvalue weighted by molar-refractivity contribution is 5.83. The van der Waals surface area contributed by atoms with E-state index in [4.69, 9.17) is 28.4 Å². The van der Waals surface area contributed by atoms with Gasteiger partial charge in [0.2, 0.25) is 12.7 Å². The number of nitrogens with zero attached hydrogens (tertiary/aromatic N) is 1. The summed E-state index contributed by atoms with van der Waals surface area (Å²) < 4.78 is 34.7. The minimum atomic E-state index is -0.581. The lowest BCUT2D eigenvalue weighted by Crippen LogP contribution is -2.43. The number of amides is 1. The zero-order chi connectivity index (χ0) is 35.9. The van der Waals surface area contributed by atoms with E-state index in [1.165, 1.54) is 5.56 Å². The molecule has 2 aliphatic rings. The molecule has 268 valence electrons. The molecule has 52 heavy (non-hydrogen) atoms. The Morgan fingerprint density at radius 1 is 0.750 bits per heavy atom. The van der Waals surface area contributed by atoms with E-state index >= 15 is 0 Å². The maximum Gasteiger partial charge on any atom is 0.242 e. The molecule has 7 rings (SSSR count). The quantitative estimate of drug-likeness (QED) is 0.134. The van der Waals surface area contributed by atoms with Crippen LogP contribution in [0.4, 0.5) is 0 Å². The highest BCUT2D eigenvalue weighted by Crippen LogP contribution is 2.43. The molecular formula is C43H44N2O7. The van der Waals surface area contributed by atoms with Crippen molar-refractivity contribution < 1.29 is 33.2 Å². The molecule has 0 radical (unpaired) electrons. The molecule has 1 N–H and O–H groups in total. The Hall–Kier alpha value is -5.67. The average Bonchev–Trinajstić information content (AvgIpc) is 3.60. The first-order chi connectivity index (χ1) is 25.5. The van der Waals surface area contributed by atoms with Crippen LogP contribution in [0.5, 0.6) is 34.5 Å². The summed E-state index contributed by atoms with van der Waals surface area (Å²) in [6.07, 6.45) is 2.28. The molecule has 2 aliphatic heterocycles. The van der Waals surface area contributed by atoms with Crippen LogP contribution in [0.15, 0.2) is 109 Å². The first kappa shape index (κ1) is 34.8. The number of carbonyl (C=O) groups excluding carboxylic acids is 1. The number of benzene rings is 5. The summed E-state index contributed by atoms with van der Waals surface area (Å²) in [5.41, 5.74) is 6.23. The number of nitrogens with one attached hydrogen (secondary N) is 1. The first-order valence-electron chi connectivity index (χ1n) is 17.6. The maximum atomic E-state index is 14.6. The van der Waals surface area contributed by atoms with Crippen LogP contribution < -0.4 is 33.7 Å². The van der Waals surface area contributed by atoms with Gasteiger partial charge in [0.15, 0.2) is 34.5 Å². The fourth-order valence-corrected chi connectivity index (χ4v) is 7.17. The van der Waals surface area contributed by atoms with Crippen molar-refractivity contribution in [1.82, 2.24) is 10.2 Å². The molecule has 0 saturated carbocycles. The van der Waals surface area contributed by atoms with Crippen molar-refractivity contribution >= 4 is 5.91 Å².